The van der Waals surface area contributed by atoms with Crippen LogP contribution >= 0.6 is 0 Å². The third-order valence-electron chi connectivity index (χ3n) is 4.43. The molecule has 0 saturated carbocycles. The van der Waals surface area contributed by atoms with E-state index in [9.17, 15) is 9.59 Å². The summed E-state index contributed by atoms with van der Waals surface area (Å²) in [5.41, 5.74) is 4.08. The Bertz CT molecular complexity index is 754. The lowest BCUT2D eigenvalue weighted by Gasteiger charge is -2.31. The number of fused-ring (bicyclic) bond motifs is 1. The maximum absolute atomic E-state index is 12.6. The lowest BCUT2D eigenvalue weighted by Crippen LogP contribution is -2.38. The van der Waals surface area contributed by atoms with Crippen LogP contribution in [0.4, 0.5) is 0 Å². The highest BCUT2D eigenvalue weighted by molar-refractivity contribution is 5.87. The third kappa shape index (κ3) is 3.11. The van der Waals surface area contributed by atoms with Gasteiger partial charge in [-0.1, -0.05) is 48.5 Å². The molecule has 4 nitrogen and oxygen atoms in total. The van der Waals surface area contributed by atoms with Crippen molar-refractivity contribution in [2.75, 3.05) is 0 Å². The van der Waals surface area contributed by atoms with Gasteiger partial charge in [0.25, 0.3) is 0 Å². The van der Waals surface area contributed by atoms with Crippen molar-refractivity contribution in [3.8, 4) is 0 Å². The monoisotopic (exact) mass is 309 g/mol. The molecule has 2 aromatic rings. The first-order chi connectivity index (χ1) is 11.1. The van der Waals surface area contributed by atoms with E-state index in [1.54, 1.807) is 0 Å². The summed E-state index contributed by atoms with van der Waals surface area (Å²) in [5.74, 6) is -1.20. The van der Waals surface area contributed by atoms with E-state index in [0.29, 0.717) is 0 Å². The molecule has 23 heavy (non-hydrogen) atoms. The molecule has 0 fully saturated rings. The lowest BCUT2D eigenvalue weighted by molar-refractivity contribution is -0.137. The minimum absolute atomic E-state index is 0.0989. The molecule has 4 heteroatoms. The number of nitrogens with one attached hydrogen (secondary N) is 1. The standard InChI is InChI=1S/C19H19NO3/c1-12-6-2-4-8-14(12)17(11-18(21)22)20-19(23)16-10-13-7-3-5-9-15(13)16/h2-9,16-17H,10-11H2,1H3,(H,20,23)(H,21,22). The molecule has 1 aliphatic rings. The summed E-state index contributed by atoms with van der Waals surface area (Å²) in [6, 6.07) is 14.9. The first-order valence-electron chi connectivity index (χ1n) is 7.71. The maximum atomic E-state index is 12.6. The summed E-state index contributed by atoms with van der Waals surface area (Å²) < 4.78 is 0. The number of carboxylic acids is 1. The third-order valence-corrected chi connectivity index (χ3v) is 4.43. The van der Waals surface area contributed by atoms with Gasteiger partial charge in [0.1, 0.15) is 0 Å². The highest BCUT2D eigenvalue weighted by atomic mass is 16.4. The van der Waals surface area contributed by atoms with E-state index in [0.717, 1.165) is 23.1 Å². The number of carboxylic acid groups (broad SMARTS) is 1. The predicted octanol–water partition coefficient (Wildman–Crippen LogP) is 2.97. The summed E-state index contributed by atoms with van der Waals surface area (Å²) >= 11 is 0. The Morgan fingerprint density at radius 2 is 1.87 bits per heavy atom. The van der Waals surface area contributed by atoms with Crippen molar-refractivity contribution in [2.24, 2.45) is 0 Å². The summed E-state index contributed by atoms with van der Waals surface area (Å²) in [5, 5.41) is 12.1. The Hall–Kier alpha value is -2.62. The van der Waals surface area contributed by atoms with Crippen LogP contribution in [0.25, 0.3) is 0 Å². The second-order valence-corrected chi connectivity index (χ2v) is 5.97. The number of aliphatic carboxylic acids is 1. The van der Waals surface area contributed by atoms with Crippen molar-refractivity contribution in [3.05, 3.63) is 70.8 Å². The first kappa shape index (κ1) is 15.3. The van der Waals surface area contributed by atoms with E-state index in [1.807, 2.05) is 55.5 Å². The highest BCUT2D eigenvalue weighted by Gasteiger charge is 2.33. The van der Waals surface area contributed by atoms with Crippen molar-refractivity contribution in [1.82, 2.24) is 5.32 Å². The lowest BCUT2D eigenvalue weighted by atomic mass is 9.77. The van der Waals surface area contributed by atoms with E-state index in [4.69, 9.17) is 5.11 Å². The van der Waals surface area contributed by atoms with Gasteiger partial charge in [0, 0.05) is 0 Å². The summed E-state index contributed by atoms with van der Waals surface area (Å²) in [6.45, 7) is 1.93. The quantitative estimate of drug-likeness (QED) is 0.892. The van der Waals surface area contributed by atoms with Crippen molar-refractivity contribution in [3.63, 3.8) is 0 Å². The maximum Gasteiger partial charge on any atom is 0.305 e. The van der Waals surface area contributed by atoms with Crippen LogP contribution in [0.5, 0.6) is 0 Å². The molecular formula is C19H19NO3. The molecule has 118 valence electrons. The minimum Gasteiger partial charge on any atom is -0.481 e. The predicted molar refractivity (Wildman–Crippen MR) is 87.2 cm³/mol. The Morgan fingerprint density at radius 3 is 2.57 bits per heavy atom. The van der Waals surface area contributed by atoms with Gasteiger partial charge in [-0.2, -0.15) is 0 Å². The van der Waals surface area contributed by atoms with Gasteiger partial charge < -0.3 is 10.4 Å². The molecule has 2 N–H and O–H groups in total. The zero-order chi connectivity index (χ0) is 16.4. The van der Waals surface area contributed by atoms with Crippen molar-refractivity contribution in [2.45, 2.75) is 31.7 Å². The molecular weight excluding hydrogens is 290 g/mol. The fraction of sp³-hybridized carbons (Fsp3) is 0.263. The Balaban J connectivity index is 1.78. The number of hydrogen-bond donors (Lipinski definition) is 2. The molecule has 0 bridgehead atoms. The molecule has 2 aromatic carbocycles. The first-order valence-corrected chi connectivity index (χ1v) is 7.71. The summed E-state index contributed by atoms with van der Waals surface area (Å²) in [6.07, 6.45) is 0.598. The van der Waals surface area contributed by atoms with Crippen molar-refractivity contribution in [1.29, 1.82) is 0 Å². The van der Waals surface area contributed by atoms with Crippen LogP contribution in [-0.4, -0.2) is 17.0 Å². The van der Waals surface area contributed by atoms with Gasteiger partial charge in [-0.05, 0) is 35.6 Å². The van der Waals surface area contributed by atoms with Gasteiger partial charge in [0.05, 0.1) is 18.4 Å². The molecule has 2 unspecified atom stereocenters. The molecule has 0 aliphatic heterocycles. The Morgan fingerprint density at radius 1 is 1.17 bits per heavy atom. The Labute approximate surface area is 135 Å². The molecule has 0 saturated heterocycles. The van der Waals surface area contributed by atoms with Gasteiger partial charge in [0.2, 0.25) is 5.91 Å². The number of hydrogen-bond acceptors (Lipinski definition) is 2. The van der Waals surface area contributed by atoms with E-state index >= 15 is 0 Å². The summed E-state index contributed by atoms with van der Waals surface area (Å²) in [4.78, 5) is 23.7. The second-order valence-electron chi connectivity index (χ2n) is 5.97. The smallest absolute Gasteiger partial charge is 0.305 e. The number of aryl methyl sites for hydroxylation is 1. The largest absolute Gasteiger partial charge is 0.481 e. The second kappa shape index (κ2) is 6.24. The molecule has 1 amide bonds. The normalized spacial score (nSPS) is 16.8. The SMILES string of the molecule is Cc1ccccc1C(CC(=O)O)NC(=O)C1Cc2ccccc21. The van der Waals surface area contributed by atoms with Crippen LogP contribution in [0, 0.1) is 6.92 Å². The number of amides is 1. The van der Waals surface area contributed by atoms with Crippen LogP contribution in [0.3, 0.4) is 0 Å². The molecule has 1 aliphatic carbocycles. The number of carbonyl (C=O) groups excluding carboxylic acids is 1. The average Bonchev–Trinajstić information content (AvgIpc) is 2.48. The van der Waals surface area contributed by atoms with E-state index in [2.05, 4.69) is 5.32 Å². The highest BCUT2D eigenvalue weighted by Crippen LogP contribution is 2.35. The van der Waals surface area contributed by atoms with E-state index in [1.165, 1.54) is 5.56 Å². The molecule has 0 aromatic heterocycles. The molecule has 0 radical (unpaired) electrons. The van der Waals surface area contributed by atoms with Gasteiger partial charge in [-0.25, -0.2) is 0 Å². The molecule has 2 atom stereocenters. The fourth-order valence-corrected chi connectivity index (χ4v) is 3.16. The van der Waals surface area contributed by atoms with E-state index < -0.39 is 12.0 Å². The molecule has 0 spiro atoms. The minimum atomic E-state index is -0.924. The summed E-state index contributed by atoms with van der Waals surface area (Å²) in [7, 11) is 0. The Kier molecular flexibility index (Phi) is 4.15. The molecule has 3 rings (SSSR count). The zero-order valence-corrected chi connectivity index (χ0v) is 13.0. The number of carbonyl (C=O) groups is 2. The topological polar surface area (TPSA) is 66.4 Å². The molecule has 0 heterocycles. The van der Waals surface area contributed by atoms with Crippen LogP contribution in [0.2, 0.25) is 0 Å². The van der Waals surface area contributed by atoms with E-state index in [-0.39, 0.29) is 18.2 Å². The van der Waals surface area contributed by atoms with Gasteiger partial charge in [-0.15, -0.1) is 0 Å². The van der Waals surface area contributed by atoms with Gasteiger partial charge in [-0.3, -0.25) is 9.59 Å². The average molecular weight is 309 g/mol. The van der Waals surface area contributed by atoms with Gasteiger partial charge in [0.15, 0.2) is 0 Å². The van der Waals surface area contributed by atoms with Crippen molar-refractivity contribution < 1.29 is 14.7 Å². The van der Waals surface area contributed by atoms with Gasteiger partial charge >= 0.3 is 5.97 Å². The van der Waals surface area contributed by atoms with Crippen LogP contribution in [0.1, 0.15) is 40.6 Å². The van der Waals surface area contributed by atoms with Crippen molar-refractivity contribution >= 4 is 11.9 Å². The van der Waals surface area contributed by atoms with Crippen LogP contribution < -0.4 is 5.32 Å². The van der Waals surface area contributed by atoms with Crippen LogP contribution in [0.15, 0.2) is 48.5 Å². The number of benzene rings is 2. The van der Waals surface area contributed by atoms with Crippen LogP contribution in [-0.2, 0) is 16.0 Å². The zero-order valence-electron chi connectivity index (χ0n) is 13.0. The fourth-order valence-electron chi connectivity index (χ4n) is 3.16. The number of rotatable bonds is 5.